The Hall–Kier alpha value is -3.36. The summed E-state index contributed by atoms with van der Waals surface area (Å²) in [5, 5.41) is 0. The minimum absolute atomic E-state index is 0.0190. The third-order valence-electron chi connectivity index (χ3n) is 6.27. The Balaban J connectivity index is 1.54. The molecule has 0 bridgehead atoms. The van der Waals surface area contributed by atoms with E-state index in [-0.39, 0.29) is 29.2 Å². The molecule has 0 radical (unpaired) electrons. The first-order valence-corrected chi connectivity index (χ1v) is 11.8. The van der Waals surface area contributed by atoms with Crippen LogP contribution in [0.15, 0.2) is 54.9 Å². The smallest absolute Gasteiger partial charge is 0.370 e. The zero-order valence-electron chi connectivity index (χ0n) is 19.8. The molecular formula is C27H26F5N3O. The number of rotatable bonds is 8. The van der Waals surface area contributed by atoms with Crippen molar-refractivity contribution in [1.82, 2.24) is 9.97 Å². The van der Waals surface area contributed by atoms with Gasteiger partial charge in [-0.05, 0) is 55.0 Å². The number of benzene rings is 1. The SMILES string of the molecule is CC(F)(F)c1ccc(CCCC(=O)c2ncc(-c3ccccc3C(F)(F)F)cc2N2CCCC2)cn1. The van der Waals surface area contributed by atoms with E-state index in [2.05, 4.69) is 9.97 Å². The largest absolute Gasteiger partial charge is 0.417 e. The summed E-state index contributed by atoms with van der Waals surface area (Å²) in [6, 6.07) is 9.81. The van der Waals surface area contributed by atoms with Crippen LogP contribution < -0.4 is 4.90 Å². The van der Waals surface area contributed by atoms with Gasteiger partial charge in [0.2, 0.25) is 0 Å². The maximum Gasteiger partial charge on any atom is 0.417 e. The molecule has 3 heterocycles. The highest BCUT2D eigenvalue weighted by atomic mass is 19.4. The van der Waals surface area contributed by atoms with Crippen molar-refractivity contribution in [2.24, 2.45) is 0 Å². The standard InChI is InChI=1S/C27H26F5N3O/c1-26(28,29)24-12-11-18(16-33-24)7-6-10-23(36)25-22(35-13-4-5-14-35)15-19(17-34-25)20-8-2-3-9-21(20)27(30,31)32/h2-3,8-9,11-12,15-17H,4-7,10,13-14H2,1H3. The van der Waals surface area contributed by atoms with Gasteiger partial charge in [0.15, 0.2) is 5.78 Å². The van der Waals surface area contributed by atoms with Gasteiger partial charge >= 0.3 is 6.18 Å². The molecule has 0 spiro atoms. The minimum atomic E-state index is -4.51. The normalized spacial score (nSPS) is 14.3. The molecular weight excluding hydrogens is 477 g/mol. The second kappa shape index (κ2) is 10.3. The van der Waals surface area contributed by atoms with Crippen molar-refractivity contribution < 1.29 is 26.7 Å². The maximum atomic E-state index is 13.6. The third kappa shape index (κ3) is 5.88. The summed E-state index contributed by atoms with van der Waals surface area (Å²) < 4.78 is 67.4. The Morgan fingerprint density at radius 3 is 2.33 bits per heavy atom. The average Bonchev–Trinajstić information content (AvgIpc) is 3.38. The lowest BCUT2D eigenvalue weighted by molar-refractivity contribution is -0.137. The summed E-state index contributed by atoms with van der Waals surface area (Å²) in [4.78, 5) is 23.2. The summed E-state index contributed by atoms with van der Waals surface area (Å²) >= 11 is 0. The van der Waals surface area contributed by atoms with E-state index in [0.717, 1.165) is 31.4 Å². The highest BCUT2D eigenvalue weighted by Crippen LogP contribution is 2.38. The lowest BCUT2D eigenvalue weighted by atomic mass is 9.98. The number of anilines is 1. The first kappa shape index (κ1) is 25.7. The molecule has 0 atom stereocenters. The number of carbonyl (C=O) groups is 1. The highest BCUT2D eigenvalue weighted by Gasteiger charge is 2.34. The van der Waals surface area contributed by atoms with Crippen molar-refractivity contribution >= 4 is 11.5 Å². The van der Waals surface area contributed by atoms with Crippen LogP contribution in [0.2, 0.25) is 0 Å². The Morgan fingerprint density at radius 2 is 1.69 bits per heavy atom. The Bertz CT molecular complexity index is 1210. The number of nitrogens with zero attached hydrogens (tertiary/aromatic N) is 3. The fourth-order valence-corrected chi connectivity index (χ4v) is 4.40. The van der Waals surface area contributed by atoms with Crippen LogP contribution in [0.3, 0.4) is 0 Å². The molecule has 9 heteroatoms. The Morgan fingerprint density at radius 1 is 0.972 bits per heavy atom. The monoisotopic (exact) mass is 503 g/mol. The van der Waals surface area contributed by atoms with E-state index >= 15 is 0 Å². The van der Waals surface area contributed by atoms with Crippen LogP contribution in [0.1, 0.15) is 59.9 Å². The van der Waals surface area contributed by atoms with Gasteiger partial charge in [0.05, 0.1) is 11.3 Å². The fraction of sp³-hybridized carbons (Fsp3) is 0.370. The summed E-state index contributed by atoms with van der Waals surface area (Å²) in [6.45, 7) is 2.18. The Labute approximate surface area is 206 Å². The molecule has 0 aliphatic carbocycles. The Kier molecular flexibility index (Phi) is 7.38. The number of pyridine rings is 2. The fourth-order valence-electron chi connectivity index (χ4n) is 4.40. The molecule has 4 nitrogen and oxygen atoms in total. The average molecular weight is 504 g/mol. The van der Waals surface area contributed by atoms with Crippen LogP contribution in [-0.2, 0) is 18.5 Å². The summed E-state index contributed by atoms with van der Waals surface area (Å²) in [7, 11) is 0. The van der Waals surface area contributed by atoms with Gasteiger partial charge < -0.3 is 4.90 Å². The summed E-state index contributed by atoms with van der Waals surface area (Å²) in [5.41, 5.74) is 0.786. The lowest BCUT2D eigenvalue weighted by Crippen LogP contribution is -2.22. The second-order valence-electron chi connectivity index (χ2n) is 9.05. The number of aryl methyl sites for hydroxylation is 1. The zero-order chi connectivity index (χ0) is 25.9. The van der Waals surface area contributed by atoms with Crippen molar-refractivity contribution in [1.29, 1.82) is 0 Å². The van der Waals surface area contributed by atoms with Crippen LogP contribution in [0.5, 0.6) is 0 Å². The highest BCUT2D eigenvalue weighted by molar-refractivity contribution is 6.00. The lowest BCUT2D eigenvalue weighted by Gasteiger charge is -2.22. The number of halogens is 5. The molecule has 1 aliphatic heterocycles. The quantitative estimate of drug-likeness (QED) is 0.243. The topological polar surface area (TPSA) is 46.1 Å². The van der Waals surface area contributed by atoms with Gasteiger partial charge in [-0.1, -0.05) is 24.3 Å². The van der Waals surface area contributed by atoms with Gasteiger partial charge in [-0.2, -0.15) is 22.0 Å². The number of hydrogen-bond acceptors (Lipinski definition) is 4. The second-order valence-corrected chi connectivity index (χ2v) is 9.05. The van der Waals surface area contributed by atoms with Gasteiger partial charge in [0.25, 0.3) is 5.92 Å². The minimum Gasteiger partial charge on any atom is -0.370 e. The van der Waals surface area contributed by atoms with Crippen molar-refractivity contribution in [2.45, 2.75) is 51.1 Å². The molecule has 1 aromatic carbocycles. The third-order valence-corrected chi connectivity index (χ3v) is 6.27. The number of aromatic nitrogens is 2. The van der Waals surface area contributed by atoms with E-state index in [9.17, 15) is 26.7 Å². The summed E-state index contributed by atoms with van der Waals surface area (Å²) in [6.07, 6.45) is 1.15. The molecule has 0 unspecified atom stereocenters. The molecule has 0 saturated carbocycles. The number of carbonyl (C=O) groups excluding carboxylic acids is 1. The van der Waals surface area contributed by atoms with Crippen LogP contribution in [0.4, 0.5) is 27.6 Å². The van der Waals surface area contributed by atoms with Crippen molar-refractivity contribution in [3.8, 4) is 11.1 Å². The van der Waals surface area contributed by atoms with E-state index in [4.69, 9.17) is 0 Å². The molecule has 0 amide bonds. The van der Waals surface area contributed by atoms with Crippen molar-refractivity contribution in [3.63, 3.8) is 0 Å². The number of hydrogen-bond donors (Lipinski definition) is 0. The van der Waals surface area contributed by atoms with Gasteiger partial charge in [-0.25, -0.2) is 0 Å². The van der Waals surface area contributed by atoms with E-state index in [0.29, 0.717) is 37.2 Å². The van der Waals surface area contributed by atoms with Crippen LogP contribution >= 0.6 is 0 Å². The van der Waals surface area contributed by atoms with Gasteiger partial charge in [0.1, 0.15) is 11.4 Å². The zero-order valence-corrected chi connectivity index (χ0v) is 19.8. The van der Waals surface area contributed by atoms with Crippen molar-refractivity contribution in [2.75, 3.05) is 18.0 Å². The van der Waals surface area contributed by atoms with Crippen LogP contribution in [-0.4, -0.2) is 28.8 Å². The molecule has 1 fully saturated rings. The van der Waals surface area contributed by atoms with Crippen LogP contribution in [0, 0.1) is 0 Å². The first-order chi connectivity index (χ1) is 17.0. The molecule has 190 valence electrons. The molecule has 1 aliphatic rings. The van der Waals surface area contributed by atoms with Crippen LogP contribution in [0.25, 0.3) is 11.1 Å². The number of alkyl halides is 5. The molecule has 0 N–H and O–H groups in total. The molecule has 2 aromatic heterocycles. The van der Waals surface area contributed by atoms with E-state index in [1.165, 1.54) is 30.6 Å². The first-order valence-electron chi connectivity index (χ1n) is 11.8. The molecule has 3 aromatic rings. The van der Waals surface area contributed by atoms with E-state index in [1.807, 2.05) is 4.90 Å². The summed E-state index contributed by atoms with van der Waals surface area (Å²) in [5.74, 6) is -3.23. The predicted molar refractivity (Wildman–Crippen MR) is 127 cm³/mol. The van der Waals surface area contributed by atoms with Gasteiger partial charge in [-0.15, -0.1) is 0 Å². The molecule has 1 saturated heterocycles. The van der Waals surface area contributed by atoms with E-state index in [1.54, 1.807) is 18.2 Å². The van der Waals surface area contributed by atoms with Gasteiger partial charge in [-0.3, -0.25) is 14.8 Å². The number of ketones is 1. The molecule has 4 rings (SSSR count). The predicted octanol–water partition coefficient (Wildman–Crippen LogP) is 7.08. The van der Waals surface area contributed by atoms with E-state index < -0.39 is 17.7 Å². The van der Waals surface area contributed by atoms with Crippen molar-refractivity contribution in [3.05, 3.63) is 77.4 Å². The maximum absolute atomic E-state index is 13.6. The molecule has 36 heavy (non-hydrogen) atoms. The van der Waals surface area contributed by atoms with Gasteiger partial charge in [0, 0.05) is 44.4 Å². The number of Topliss-reactive ketones (excluding diaryl/α,β-unsaturated/α-hetero) is 1.